The minimum Gasteiger partial charge on any atom is -0.493 e. The number of hydrogen-bond donors (Lipinski definition) is 1. The van der Waals surface area contributed by atoms with Crippen molar-refractivity contribution in [3.8, 4) is 5.75 Å². The molecule has 1 heterocycles. The maximum absolute atomic E-state index is 11.0. The van der Waals surface area contributed by atoms with Crippen molar-refractivity contribution in [2.45, 2.75) is 18.5 Å². The summed E-state index contributed by atoms with van der Waals surface area (Å²) in [6.45, 7) is 2.39. The van der Waals surface area contributed by atoms with Crippen LogP contribution < -0.4 is 4.74 Å². The van der Waals surface area contributed by atoms with E-state index in [9.17, 15) is 4.79 Å². The van der Waals surface area contributed by atoms with Crippen molar-refractivity contribution in [3.63, 3.8) is 0 Å². The second-order valence-electron chi connectivity index (χ2n) is 4.33. The van der Waals surface area contributed by atoms with Crippen LogP contribution in [0.15, 0.2) is 41.7 Å². The van der Waals surface area contributed by atoms with Gasteiger partial charge in [-0.25, -0.2) is 14.8 Å². The van der Waals surface area contributed by atoms with Crippen molar-refractivity contribution in [3.05, 3.63) is 47.8 Å². The maximum atomic E-state index is 11.0. The zero-order valence-corrected chi connectivity index (χ0v) is 12.5. The summed E-state index contributed by atoms with van der Waals surface area (Å²) in [5, 5.41) is 9.79. The molecule has 2 aromatic rings. The Morgan fingerprint density at radius 2 is 2.14 bits per heavy atom. The van der Waals surface area contributed by atoms with Crippen LogP contribution in [0.5, 0.6) is 5.75 Å². The van der Waals surface area contributed by atoms with E-state index in [1.54, 1.807) is 36.2 Å². The van der Waals surface area contributed by atoms with Gasteiger partial charge in [0.2, 0.25) is 0 Å². The lowest BCUT2D eigenvalue weighted by Gasteiger charge is -2.08. The van der Waals surface area contributed by atoms with Gasteiger partial charge in [0.15, 0.2) is 5.16 Å². The molecule has 0 saturated carbocycles. The molecule has 2 rings (SSSR count). The van der Waals surface area contributed by atoms with Crippen LogP contribution in [0.1, 0.15) is 22.5 Å². The molecule has 1 N–H and O–H groups in total. The van der Waals surface area contributed by atoms with Crippen molar-refractivity contribution >= 4 is 17.7 Å². The summed E-state index contributed by atoms with van der Waals surface area (Å²) >= 11 is 1.56. The molecule has 0 saturated heterocycles. The van der Waals surface area contributed by atoms with Gasteiger partial charge in [-0.05, 0) is 31.5 Å². The highest BCUT2D eigenvalue weighted by molar-refractivity contribution is 7.99. The van der Waals surface area contributed by atoms with E-state index in [-0.39, 0.29) is 5.56 Å². The van der Waals surface area contributed by atoms with E-state index in [2.05, 4.69) is 9.97 Å². The number of ether oxygens (including phenoxy) is 1. The van der Waals surface area contributed by atoms with Crippen molar-refractivity contribution in [1.29, 1.82) is 0 Å². The number of nitrogens with zero attached hydrogens (tertiary/aromatic N) is 2. The van der Waals surface area contributed by atoms with E-state index < -0.39 is 5.97 Å². The number of aromatic nitrogens is 2. The lowest BCUT2D eigenvalue weighted by Crippen LogP contribution is -2.05. The first kappa shape index (κ1) is 15.3. The molecule has 1 aromatic carbocycles. The molecule has 21 heavy (non-hydrogen) atoms. The Morgan fingerprint density at radius 3 is 2.90 bits per heavy atom. The topological polar surface area (TPSA) is 72.3 Å². The fraction of sp³-hybridized carbons (Fsp3) is 0.267. The van der Waals surface area contributed by atoms with Gasteiger partial charge in [0.1, 0.15) is 11.3 Å². The van der Waals surface area contributed by atoms with Crippen LogP contribution in [0.4, 0.5) is 0 Å². The van der Waals surface area contributed by atoms with Crippen LogP contribution in [-0.4, -0.2) is 33.4 Å². The Balaban J connectivity index is 1.76. The fourth-order valence-corrected chi connectivity index (χ4v) is 2.46. The van der Waals surface area contributed by atoms with E-state index in [1.165, 1.54) is 6.07 Å². The molecular weight excluding hydrogens is 288 g/mol. The second-order valence-corrected chi connectivity index (χ2v) is 5.39. The smallest absolute Gasteiger partial charge is 0.339 e. The minimum absolute atomic E-state index is 0.187. The Morgan fingerprint density at radius 1 is 1.33 bits per heavy atom. The summed E-state index contributed by atoms with van der Waals surface area (Å²) in [5.41, 5.74) is 1.13. The van der Waals surface area contributed by atoms with Crippen LogP contribution in [-0.2, 0) is 0 Å². The molecule has 0 atom stereocenters. The Labute approximate surface area is 127 Å². The van der Waals surface area contributed by atoms with Crippen LogP contribution >= 0.6 is 11.8 Å². The largest absolute Gasteiger partial charge is 0.493 e. The molecule has 5 nitrogen and oxygen atoms in total. The molecule has 0 unspecified atom stereocenters. The zero-order chi connectivity index (χ0) is 15.1. The van der Waals surface area contributed by atoms with E-state index in [4.69, 9.17) is 9.84 Å². The summed E-state index contributed by atoms with van der Waals surface area (Å²) in [4.78, 5) is 19.5. The number of carboxylic acid groups (broad SMARTS) is 1. The number of carbonyl (C=O) groups is 1. The second kappa shape index (κ2) is 7.64. The SMILES string of the molecule is Cc1ccnc(SCCCOc2ccccc2C(=O)O)n1. The summed E-state index contributed by atoms with van der Waals surface area (Å²) < 4.78 is 5.53. The molecular formula is C15H16N2O3S. The minimum atomic E-state index is -0.979. The normalized spacial score (nSPS) is 10.3. The average Bonchev–Trinajstić information content (AvgIpc) is 2.47. The Kier molecular flexibility index (Phi) is 5.57. The zero-order valence-electron chi connectivity index (χ0n) is 11.7. The number of aryl methyl sites for hydroxylation is 1. The number of carboxylic acids is 1. The Hall–Kier alpha value is -2.08. The molecule has 110 valence electrons. The number of thioether (sulfide) groups is 1. The van der Waals surface area contributed by atoms with Gasteiger partial charge in [0.05, 0.1) is 6.61 Å². The highest BCUT2D eigenvalue weighted by atomic mass is 32.2. The highest BCUT2D eigenvalue weighted by Gasteiger charge is 2.09. The lowest BCUT2D eigenvalue weighted by molar-refractivity contribution is 0.0692. The quantitative estimate of drug-likeness (QED) is 0.481. The molecule has 0 amide bonds. The van der Waals surface area contributed by atoms with Crippen LogP contribution in [0.2, 0.25) is 0 Å². The summed E-state index contributed by atoms with van der Waals surface area (Å²) in [5.74, 6) is 0.244. The van der Waals surface area contributed by atoms with Gasteiger partial charge in [0.25, 0.3) is 0 Å². The van der Waals surface area contributed by atoms with Gasteiger partial charge < -0.3 is 9.84 Å². The van der Waals surface area contributed by atoms with Gasteiger partial charge in [-0.2, -0.15) is 0 Å². The Bertz CT molecular complexity index is 619. The molecule has 0 radical (unpaired) electrons. The number of para-hydroxylation sites is 1. The third-order valence-corrected chi connectivity index (χ3v) is 3.62. The molecule has 6 heteroatoms. The molecule has 0 fully saturated rings. The molecule has 0 aliphatic heterocycles. The van der Waals surface area contributed by atoms with Crippen LogP contribution in [0, 0.1) is 6.92 Å². The first-order valence-electron chi connectivity index (χ1n) is 6.54. The van der Waals surface area contributed by atoms with Crippen LogP contribution in [0.25, 0.3) is 0 Å². The molecule has 0 aliphatic rings. The predicted molar refractivity (Wildman–Crippen MR) is 81.0 cm³/mol. The molecule has 0 aliphatic carbocycles. The number of aromatic carboxylic acids is 1. The number of hydrogen-bond acceptors (Lipinski definition) is 5. The third kappa shape index (κ3) is 4.75. The van der Waals surface area contributed by atoms with Gasteiger partial charge in [-0.15, -0.1) is 0 Å². The maximum Gasteiger partial charge on any atom is 0.339 e. The van der Waals surface area contributed by atoms with Gasteiger partial charge in [-0.1, -0.05) is 23.9 Å². The van der Waals surface area contributed by atoms with E-state index >= 15 is 0 Å². The summed E-state index contributed by atoms with van der Waals surface area (Å²) in [7, 11) is 0. The standard InChI is InChI=1S/C15H16N2O3S/c1-11-7-8-16-15(17-11)21-10-4-9-20-13-6-3-2-5-12(13)14(18)19/h2-3,5-8H,4,9-10H2,1H3,(H,18,19). The number of rotatable bonds is 7. The molecule has 0 spiro atoms. The van der Waals surface area contributed by atoms with Gasteiger partial charge in [-0.3, -0.25) is 0 Å². The van der Waals surface area contributed by atoms with Crippen molar-refractivity contribution < 1.29 is 14.6 Å². The van der Waals surface area contributed by atoms with E-state index in [0.717, 1.165) is 23.0 Å². The third-order valence-electron chi connectivity index (χ3n) is 2.67. The summed E-state index contributed by atoms with van der Waals surface area (Å²) in [6.07, 6.45) is 2.53. The molecule has 0 bridgehead atoms. The predicted octanol–water partition coefficient (Wildman–Crippen LogP) is 3.04. The fourth-order valence-electron chi connectivity index (χ4n) is 1.67. The number of benzene rings is 1. The van der Waals surface area contributed by atoms with Crippen molar-refractivity contribution in [1.82, 2.24) is 9.97 Å². The van der Waals surface area contributed by atoms with Crippen LogP contribution in [0.3, 0.4) is 0 Å². The monoisotopic (exact) mass is 304 g/mol. The van der Waals surface area contributed by atoms with Crippen molar-refractivity contribution in [2.75, 3.05) is 12.4 Å². The highest BCUT2D eigenvalue weighted by Crippen LogP contribution is 2.19. The average molecular weight is 304 g/mol. The lowest BCUT2D eigenvalue weighted by atomic mass is 10.2. The first-order chi connectivity index (χ1) is 10.2. The van der Waals surface area contributed by atoms with E-state index in [1.807, 2.05) is 13.0 Å². The van der Waals surface area contributed by atoms with Gasteiger partial charge >= 0.3 is 5.97 Å². The summed E-state index contributed by atoms with van der Waals surface area (Å²) in [6, 6.07) is 8.50. The molecule has 1 aromatic heterocycles. The first-order valence-corrected chi connectivity index (χ1v) is 7.53. The van der Waals surface area contributed by atoms with Gasteiger partial charge in [0, 0.05) is 17.6 Å². The van der Waals surface area contributed by atoms with Crippen molar-refractivity contribution in [2.24, 2.45) is 0 Å². The van der Waals surface area contributed by atoms with E-state index in [0.29, 0.717) is 12.4 Å².